The van der Waals surface area contributed by atoms with Crippen LogP contribution in [0.2, 0.25) is 0 Å². The van der Waals surface area contributed by atoms with E-state index >= 15 is 0 Å². The van der Waals surface area contributed by atoms with Gasteiger partial charge in [-0.1, -0.05) is 19.9 Å². The quantitative estimate of drug-likeness (QED) is 0.710. The maximum Gasteiger partial charge on any atom is 0.337 e. The van der Waals surface area contributed by atoms with E-state index < -0.39 is 17.4 Å². The number of fused-ring (bicyclic) bond motifs is 1. The van der Waals surface area contributed by atoms with E-state index in [0.29, 0.717) is 16.5 Å². The fraction of sp³-hybridized carbons (Fsp3) is 0.235. The van der Waals surface area contributed by atoms with E-state index in [2.05, 4.69) is 15.3 Å². The normalized spacial score (nSPS) is 11.0. The number of hydrogen-bond acceptors (Lipinski definition) is 6. The number of amides is 1. The van der Waals surface area contributed by atoms with Crippen LogP contribution in [0.1, 0.15) is 35.9 Å². The number of carbonyl (C=O) groups excluding carboxylic acids is 1. The van der Waals surface area contributed by atoms with Gasteiger partial charge in [-0.2, -0.15) is 0 Å². The van der Waals surface area contributed by atoms with E-state index in [0.717, 1.165) is 11.3 Å². The van der Waals surface area contributed by atoms with Gasteiger partial charge in [0.2, 0.25) is 5.91 Å². The van der Waals surface area contributed by atoms with Gasteiger partial charge in [-0.15, -0.1) is 11.3 Å². The second-order valence-corrected chi connectivity index (χ2v) is 6.77. The van der Waals surface area contributed by atoms with Crippen LogP contribution in [0.3, 0.4) is 0 Å². The third-order valence-corrected chi connectivity index (χ3v) is 4.58. The van der Waals surface area contributed by atoms with Gasteiger partial charge in [-0.3, -0.25) is 14.2 Å². The zero-order valence-corrected chi connectivity index (χ0v) is 14.9. The zero-order valence-electron chi connectivity index (χ0n) is 14.1. The van der Waals surface area contributed by atoms with E-state index in [1.807, 2.05) is 13.8 Å². The van der Waals surface area contributed by atoms with Crippen molar-refractivity contribution in [1.29, 1.82) is 0 Å². The van der Waals surface area contributed by atoms with Gasteiger partial charge in [0.1, 0.15) is 23.0 Å². The number of nitrogens with one attached hydrogen (secondary N) is 1. The Bertz CT molecular complexity index is 1040. The Morgan fingerprint density at radius 3 is 2.73 bits per heavy atom. The molecule has 0 fully saturated rings. The fourth-order valence-electron chi connectivity index (χ4n) is 2.55. The molecule has 0 unspecified atom stereocenters. The largest absolute Gasteiger partial charge is 0.478 e. The molecule has 0 saturated heterocycles. The number of anilines is 1. The molecule has 0 aliphatic carbocycles. The minimum Gasteiger partial charge on any atom is -0.478 e. The topological polar surface area (TPSA) is 114 Å². The van der Waals surface area contributed by atoms with Crippen molar-refractivity contribution in [2.24, 2.45) is 0 Å². The van der Waals surface area contributed by atoms with Crippen molar-refractivity contribution in [3.05, 3.63) is 51.5 Å². The molecule has 0 bridgehead atoms. The number of carboxylic acid groups (broad SMARTS) is 1. The van der Waals surface area contributed by atoms with E-state index in [1.165, 1.54) is 9.95 Å². The van der Waals surface area contributed by atoms with E-state index in [4.69, 9.17) is 0 Å². The van der Waals surface area contributed by atoms with E-state index in [1.54, 1.807) is 24.4 Å². The van der Waals surface area contributed by atoms with Gasteiger partial charge in [0.05, 0.1) is 10.9 Å². The number of hydrogen-bond donors (Lipinski definition) is 2. The lowest BCUT2D eigenvalue weighted by molar-refractivity contribution is -0.116. The molecule has 2 N–H and O–H groups in total. The average Bonchev–Trinajstić information content (AvgIpc) is 3.02. The van der Waals surface area contributed by atoms with E-state index in [-0.39, 0.29) is 23.4 Å². The highest BCUT2D eigenvalue weighted by Crippen LogP contribution is 2.23. The molecule has 1 amide bonds. The van der Waals surface area contributed by atoms with Gasteiger partial charge < -0.3 is 10.4 Å². The summed E-state index contributed by atoms with van der Waals surface area (Å²) in [5, 5.41) is 13.3. The highest BCUT2D eigenvalue weighted by atomic mass is 32.1. The van der Waals surface area contributed by atoms with Crippen LogP contribution in [0.5, 0.6) is 0 Å². The van der Waals surface area contributed by atoms with Crippen LogP contribution in [-0.4, -0.2) is 31.5 Å². The maximum absolute atomic E-state index is 12.9. The minimum atomic E-state index is -1.20. The first-order valence-corrected chi connectivity index (χ1v) is 8.72. The summed E-state index contributed by atoms with van der Waals surface area (Å²) in [5.41, 5.74) is -0.634. The molecule has 3 aromatic heterocycles. The van der Waals surface area contributed by atoms with Gasteiger partial charge in [-0.05, 0) is 12.1 Å². The summed E-state index contributed by atoms with van der Waals surface area (Å²) in [4.78, 5) is 45.4. The summed E-state index contributed by atoms with van der Waals surface area (Å²) in [6, 6.07) is 5.08. The summed E-state index contributed by atoms with van der Waals surface area (Å²) in [6.45, 7) is 3.43. The monoisotopic (exact) mass is 372 g/mol. The SMILES string of the molecule is CC(C)c1nc2scc(C(=O)O)c2c(=O)n1CC(=O)Nc1ccccn1. The molecule has 0 radical (unpaired) electrons. The molecule has 8 nitrogen and oxygen atoms in total. The second kappa shape index (κ2) is 7.04. The summed E-state index contributed by atoms with van der Waals surface area (Å²) in [7, 11) is 0. The predicted molar refractivity (Wildman–Crippen MR) is 97.8 cm³/mol. The van der Waals surface area contributed by atoms with Crippen LogP contribution in [0, 0.1) is 0 Å². The molecule has 3 aromatic rings. The maximum atomic E-state index is 12.9. The first-order valence-electron chi connectivity index (χ1n) is 7.84. The fourth-order valence-corrected chi connectivity index (χ4v) is 3.46. The van der Waals surface area contributed by atoms with E-state index in [9.17, 15) is 19.5 Å². The molecule has 134 valence electrons. The Labute approximate surface area is 152 Å². The number of aromatic carboxylic acids is 1. The standard InChI is InChI=1S/C17H16N4O4S/c1-9(2)14-20-15-13(10(8-26-15)17(24)25)16(23)21(14)7-12(22)19-11-5-3-4-6-18-11/h3-6,8-9H,7H2,1-2H3,(H,24,25)(H,18,19,22). The molecular weight excluding hydrogens is 356 g/mol. The van der Waals surface area contributed by atoms with Crippen molar-refractivity contribution < 1.29 is 14.7 Å². The molecule has 0 saturated carbocycles. The number of thiophene rings is 1. The highest BCUT2D eigenvalue weighted by molar-refractivity contribution is 7.17. The van der Waals surface area contributed by atoms with Gasteiger partial charge in [0.25, 0.3) is 5.56 Å². The zero-order chi connectivity index (χ0) is 18.8. The number of nitrogens with zero attached hydrogens (tertiary/aromatic N) is 3. The Hall–Kier alpha value is -3.07. The van der Waals surface area contributed by atoms with Gasteiger partial charge >= 0.3 is 5.97 Å². The number of carbonyl (C=O) groups is 2. The molecule has 0 aliphatic rings. The molecule has 0 aliphatic heterocycles. The molecule has 26 heavy (non-hydrogen) atoms. The van der Waals surface area contributed by atoms with Crippen molar-refractivity contribution >= 4 is 39.2 Å². The van der Waals surface area contributed by atoms with Crippen LogP contribution >= 0.6 is 11.3 Å². The number of pyridine rings is 1. The molecule has 0 spiro atoms. The summed E-state index contributed by atoms with van der Waals surface area (Å²) < 4.78 is 1.23. The summed E-state index contributed by atoms with van der Waals surface area (Å²) in [5.74, 6) is -0.965. The van der Waals surface area contributed by atoms with Crippen molar-refractivity contribution in [3.63, 3.8) is 0 Å². The second-order valence-electron chi connectivity index (χ2n) is 5.91. The first-order chi connectivity index (χ1) is 12.4. The predicted octanol–water partition coefficient (Wildman–Crippen LogP) is 2.31. The Morgan fingerprint density at radius 2 is 2.12 bits per heavy atom. The molecule has 3 heterocycles. The number of rotatable bonds is 5. The van der Waals surface area contributed by atoms with Gasteiger partial charge in [0.15, 0.2) is 0 Å². The van der Waals surface area contributed by atoms with Crippen molar-refractivity contribution in [3.8, 4) is 0 Å². The Balaban J connectivity index is 2.05. The lowest BCUT2D eigenvalue weighted by Gasteiger charge is -2.14. The minimum absolute atomic E-state index is 0.0255. The lowest BCUT2D eigenvalue weighted by atomic mass is 10.2. The van der Waals surface area contributed by atoms with Crippen LogP contribution in [-0.2, 0) is 11.3 Å². The molecule has 0 atom stereocenters. The van der Waals surface area contributed by atoms with Crippen LogP contribution in [0.4, 0.5) is 5.82 Å². The molecular formula is C17H16N4O4S. The summed E-state index contributed by atoms with van der Waals surface area (Å²) in [6.07, 6.45) is 1.54. The third-order valence-electron chi connectivity index (χ3n) is 3.70. The number of carboxylic acids is 1. The molecule has 9 heteroatoms. The van der Waals surface area contributed by atoms with Crippen LogP contribution < -0.4 is 10.9 Å². The van der Waals surface area contributed by atoms with Crippen LogP contribution in [0.15, 0.2) is 34.6 Å². The van der Waals surface area contributed by atoms with Crippen molar-refractivity contribution in [2.45, 2.75) is 26.3 Å². The number of aromatic nitrogens is 3. The third kappa shape index (κ3) is 3.33. The summed E-state index contributed by atoms with van der Waals surface area (Å²) >= 11 is 1.10. The molecule has 0 aromatic carbocycles. The highest BCUT2D eigenvalue weighted by Gasteiger charge is 2.22. The van der Waals surface area contributed by atoms with Gasteiger partial charge in [-0.25, -0.2) is 14.8 Å². The average molecular weight is 372 g/mol. The Kier molecular flexibility index (Phi) is 4.81. The van der Waals surface area contributed by atoms with Crippen molar-refractivity contribution in [1.82, 2.24) is 14.5 Å². The van der Waals surface area contributed by atoms with Crippen LogP contribution in [0.25, 0.3) is 10.2 Å². The Morgan fingerprint density at radius 1 is 1.35 bits per heavy atom. The smallest absolute Gasteiger partial charge is 0.337 e. The van der Waals surface area contributed by atoms with Crippen molar-refractivity contribution in [2.75, 3.05) is 5.32 Å². The lowest BCUT2D eigenvalue weighted by Crippen LogP contribution is -2.32. The van der Waals surface area contributed by atoms with Gasteiger partial charge in [0, 0.05) is 17.5 Å². The molecule has 3 rings (SSSR count). The first kappa shape index (κ1) is 17.7.